The average molecular weight is 330 g/mol. The number of esters is 1. The van der Waals surface area contributed by atoms with E-state index in [0.29, 0.717) is 5.92 Å². The average Bonchev–Trinajstić information content (AvgIpc) is 2.82. The highest BCUT2D eigenvalue weighted by atomic mass is 16.7. The van der Waals surface area contributed by atoms with Crippen LogP contribution in [-0.2, 0) is 14.3 Å². The van der Waals surface area contributed by atoms with Crippen LogP contribution in [0.1, 0.15) is 40.0 Å². The number of fused-ring (bicyclic) bond motifs is 2. The van der Waals surface area contributed by atoms with Crippen molar-refractivity contribution in [2.24, 2.45) is 16.7 Å². The molecule has 0 aromatic rings. The van der Waals surface area contributed by atoms with Crippen LogP contribution in [0.25, 0.3) is 0 Å². The highest BCUT2D eigenvalue weighted by molar-refractivity contribution is 5.76. The Labute approximate surface area is 135 Å². The Morgan fingerprint density at radius 2 is 1.74 bits per heavy atom. The van der Waals surface area contributed by atoms with Crippen molar-refractivity contribution in [1.82, 2.24) is 0 Å². The molecule has 0 aromatic carbocycles. The van der Waals surface area contributed by atoms with Crippen LogP contribution >= 0.6 is 0 Å². The van der Waals surface area contributed by atoms with Crippen LogP contribution in [0.3, 0.4) is 0 Å². The molecule has 0 spiro atoms. The molecule has 3 aliphatic rings. The van der Waals surface area contributed by atoms with E-state index >= 15 is 0 Å². The van der Waals surface area contributed by atoms with Crippen molar-refractivity contribution < 1.29 is 34.7 Å². The Bertz CT molecular complexity index is 493. The lowest BCUT2D eigenvalue weighted by atomic mass is 9.70. The number of hydrogen-bond donors (Lipinski definition) is 4. The quantitative estimate of drug-likeness (QED) is 0.506. The number of hydrogen-bond acceptors (Lipinski definition) is 7. The van der Waals surface area contributed by atoms with E-state index in [9.17, 15) is 25.2 Å². The van der Waals surface area contributed by atoms with Crippen molar-refractivity contribution in [3.05, 3.63) is 0 Å². The van der Waals surface area contributed by atoms with Crippen molar-refractivity contribution in [3.63, 3.8) is 0 Å². The van der Waals surface area contributed by atoms with Crippen molar-refractivity contribution in [3.8, 4) is 0 Å². The molecule has 4 N–H and O–H groups in total. The molecule has 23 heavy (non-hydrogen) atoms. The first-order valence-corrected chi connectivity index (χ1v) is 8.18. The standard InChI is InChI=1S/C16H26O7/c1-15(2)7-4-5-16(15,3)8(6-7)22-14(21)12-10(18)9(17)11(19)13(20)23-12/h7-13,17-20H,4-6H2,1-3H3/t7-,8-,9+,10-,11+,12+,13-,16-/m1/s1. The largest absolute Gasteiger partial charge is 0.460 e. The minimum absolute atomic E-state index is 0.0687. The summed E-state index contributed by atoms with van der Waals surface area (Å²) in [7, 11) is 0. The molecule has 3 fully saturated rings. The third-order valence-corrected chi connectivity index (χ3v) is 6.79. The van der Waals surface area contributed by atoms with Gasteiger partial charge >= 0.3 is 5.97 Å². The molecule has 8 atom stereocenters. The van der Waals surface area contributed by atoms with Gasteiger partial charge in [-0.3, -0.25) is 0 Å². The fraction of sp³-hybridized carbons (Fsp3) is 0.938. The number of aliphatic hydroxyl groups is 4. The Hall–Kier alpha value is -0.730. The molecule has 0 unspecified atom stereocenters. The summed E-state index contributed by atoms with van der Waals surface area (Å²) < 4.78 is 10.5. The summed E-state index contributed by atoms with van der Waals surface area (Å²) in [6.07, 6.45) is -5.62. The molecule has 3 rings (SSSR count). The Balaban J connectivity index is 1.71. The number of ether oxygens (including phenoxy) is 2. The van der Waals surface area contributed by atoms with Crippen molar-refractivity contribution in [2.45, 2.75) is 76.8 Å². The molecule has 2 aliphatic carbocycles. The van der Waals surface area contributed by atoms with Gasteiger partial charge in [-0.15, -0.1) is 0 Å². The van der Waals surface area contributed by atoms with Crippen LogP contribution < -0.4 is 0 Å². The molecule has 0 radical (unpaired) electrons. The predicted octanol–water partition coefficient (Wildman–Crippen LogP) is -0.456. The van der Waals surface area contributed by atoms with Gasteiger partial charge in [-0.1, -0.05) is 20.8 Å². The lowest BCUT2D eigenvalue weighted by molar-refractivity contribution is -0.283. The van der Waals surface area contributed by atoms with E-state index in [1.807, 2.05) is 0 Å². The highest BCUT2D eigenvalue weighted by Gasteiger charge is 2.63. The van der Waals surface area contributed by atoms with Gasteiger partial charge in [-0.25, -0.2) is 4.79 Å². The first kappa shape index (κ1) is 17.1. The zero-order valence-electron chi connectivity index (χ0n) is 13.7. The summed E-state index contributed by atoms with van der Waals surface area (Å²) in [4.78, 5) is 12.4. The fourth-order valence-electron chi connectivity index (χ4n) is 4.57. The zero-order valence-corrected chi connectivity index (χ0v) is 13.7. The molecule has 132 valence electrons. The van der Waals surface area contributed by atoms with E-state index in [0.717, 1.165) is 19.3 Å². The maximum atomic E-state index is 12.4. The summed E-state index contributed by atoms with van der Waals surface area (Å²) in [6.45, 7) is 6.49. The van der Waals surface area contributed by atoms with Gasteiger partial charge in [0.1, 0.15) is 24.4 Å². The monoisotopic (exact) mass is 330 g/mol. The smallest absolute Gasteiger partial charge is 0.338 e. The molecule has 1 heterocycles. The molecule has 0 amide bonds. The van der Waals surface area contributed by atoms with Crippen LogP contribution in [0.15, 0.2) is 0 Å². The second-order valence-electron chi connectivity index (χ2n) is 7.96. The van der Waals surface area contributed by atoms with Gasteiger partial charge in [0.25, 0.3) is 0 Å². The maximum absolute atomic E-state index is 12.4. The van der Waals surface area contributed by atoms with E-state index in [4.69, 9.17) is 9.47 Å². The van der Waals surface area contributed by atoms with E-state index in [2.05, 4.69) is 20.8 Å². The predicted molar refractivity (Wildman–Crippen MR) is 78.0 cm³/mol. The Morgan fingerprint density at radius 3 is 2.26 bits per heavy atom. The first-order valence-electron chi connectivity index (χ1n) is 8.18. The number of aliphatic hydroxyl groups excluding tert-OH is 4. The summed E-state index contributed by atoms with van der Waals surface area (Å²) in [5.74, 6) is -0.322. The van der Waals surface area contributed by atoms with Gasteiger partial charge in [-0.2, -0.15) is 0 Å². The molecule has 2 bridgehead atoms. The zero-order chi connectivity index (χ0) is 17.2. The minimum Gasteiger partial charge on any atom is -0.460 e. The molecule has 1 aliphatic heterocycles. The van der Waals surface area contributed by atoms with Crippen LogP contribution in [0.4, 0.5) is 0 Å². The molecular weight excluding hydrogens is 304 g/mol. The first-order chi connectivity index (χ1) is 10.6. The highest BCUT2D eigenvalue weighted by Crippen LogP contribution is 2.66. The van der Waals surface area contributed by atoms with Crippen molar-refractivity contribution >= 4 is 5.97 Å². The number of carbonyl (C=O) groups excluding carboxylic acids is 1. The van der Waals surface area contributed by atoms with Crippen LogP contribution in [-0.4, -0.2) is 63.2 Å². The van der Waals surface area contributed by atoms with E-state index in [1.54, 1.807) is 0 Å². The minimum atomic E-state index is -1.74. The van der Waals surface area contributed by atoms with E-state index in [-0.39, 0.29) is 16.9 Å². The second kappa shape index (κ2) is 5.39. The molecule has 1 saturated heterocycles. The topological polar surface area (TPSA) is 116 Å². The van der Waals surface area contributed by atoms with Crippen molar-refractivity contribution in [2.75, 3.05) is 0 Å². The number of rotatable bonds is 2. The lowest BCUT2D eigenvalue weighted by Gasteiger charge is -2.40. The van der Waals surface area contributed by atoms with E-state index in [1.165, 1.54) is 0 Å². The normalized spacial score (nSPS) is 51.7. The van der Waals surface area contributed by atoms with Gasteiger partial charge in [0.2, 0.25) is 0 Å². The fourth-order valence-corrected chi connectivity index (χ4v) is 4.57. The lowest BCUT2D eigenvalue weighted by Crippen LogP contribution is -2.60. The SMILES string of the molecule is CC1(C)[C@@H]2CC[C@]1(C)[C@H](OC(=O)[C@H]1O[C@@H](O)[C@@H](O)[C@@H](O)[C@H]1O)C2. The third-order valence-electron chi connectivity index (χ3n) is 6.79. The molecule has 0 aromatic heterocycles. The Kier molecular flexibility index (Phi) is 4.01. The molecule has 7 nitrogen and oxygen atoms in total. The summed E-state index contributed by atoms with van der Waals surface area (Å²) in [5, 5.41) is 38.6. The maximum Gasteiger partial charge on any atom is 0.338 e. The van der Waals surface area contributed by atoms with Gasteiger partial charge in [0, 0.05) is 5.41 Å². The summed E-state index contributed by atoms with van der Waals surface area (Å²) >= 11 is 0. The molecule has 2 saturated carbocycles. The van der Waals surface area contributed by atoms with Gasteiger partial charge in [-0.05, 0) is 30.6 Å². The van der Waals surface area contributed by atoms with Crippen LogP contribution in [0.2, 0.25) is 0 Å². The third kappa shape index (κ3) is 2.33. The second-order valence-corrected chi connectivity index (χ2v) is 7.96. The Morgan fingerprint density at radius 1 is 1.09 bits per heavy atom. The summed E-state index contributed by atoms with van der Waals surface area (Å²) in [5.41, 5.74) is -0.0666. The van der Waals surface area contributed by atoms with Crippen molar-refractivity contribution in [1.29, 1.82) is 0 Å². The number of carbonyl (C=O) groups is 1. The van der Waals surface area contributed by atoms with E-state index < -0.39 is 36.7 Å². The summed E-state index contributed by atoms with van der Waals surface area (Å²) in [6, 6.07) is 0. The van der Waals surface area contributed by atoms with Crippen LogP contribution in [0, 0.1) is 16.7 Å². The molecule has 7 heteroatoms. The van der Waals surface area contributed by atoms with Gasteiger partial charge < -0.3 is 29.9 Å². The van der Waals surface area contributed by atoms with Gasteiger partial charge in [0.15, 0.2) is 12.4 Å². The van der Waals surface area contributed by atoms with Crippen LogP contribution in [0.5, 0.6) is 0 Å². The molecular formula is C16H26O7. The van der Waals surface area contributed by atoms with Gasteiger partial charge in [0.05, 0.1) is 0 Å².